The molecule has 0 aromatic carbocycles. The van der Waals surface area contributed by atoms with Crippen LogP contribution in [0.4, 0.5) is 5.69 Å². The average molecular weight is 384 g/mol. The van der Waals surface area contributed by atoms with Gasteiger partial charge in [0.1, 0.15) is 5.69 Å². The molecule has 1 aliphatic rings. The van der Waals surface area contributed by atoms with Crippen molar-refractivity contribution < 1.29 is 9.72 Å². The fourth-order valence-corrected chi connectivity index (χ4v) is 3.88. The van der Waals surface area contributed by atoms with Gasteiger partial charge in [0.25, 0.3) is 5.69 Å². The average Bonchev–Trinajstić information content (AvgIpc) is 3.29. The van der Waals surface area contributed by atoms with E-state index in [9.17, 15) is 14.9 Å². The predicted octanol–water partition coefficient (Wildman–Crippen LogP) is 2.24. The fraction of sp³-hybridized carbons (Fsp3) is 0.294. The summed E-state index contributed by atoms with van der Waals surface area (Å²) in [7, 11) is 1.84. The number of fused-ring (bicyclic) bond motifs is 1. The van der Waals surface area contributed by atoms with Gasteiger partial charge in [0.2, 0.25) is 5.91 Å². The van der Waals surface area contributed by atoms with E-state index in [1.807, 2.05) is 20.2 Å². The molecule has 9 nitrogen and oxygen atoms in total. The number of carbonyl (C=O) groups excluding carboxylic acids is 1. The normalized spacial score (nSPS) is 13.0. The van der Waals surface area contributed by atoms with E-state index >= 15 is 0 Å². The zero-order valence-electron chi connectivity index (χ0n) is 14.7. The molecule has 0 spiro atoms. The number of nitro groups is 1. The van der Waals surface area contributed by atoms with Crippen molar-refractivity contribution in [1.82, 2.24) is 24.6 Å². The first kappa shape index (κ1) is 17.3. The van der Waals surface area contributed by atoms with Gasteiger partial charge in [-0.2, -0.15) is 5.10 Å². The van der Waals surface area contributed by atoms with E-state index in [2.05, 4.69) is 15.1 Å². The van der Waals surface area contributed by atoms with Crippen molar-refractivity contribution in [3.8, 4) is 10.6 Å². The van der Waals surface area contributed by atoms with Crippen LogP contribution in [-0.2, 0) is 31.4 Å². The number of pyridine rings is 1. The summed E-state index contributed by atoms with van der Waals surface area (Å²) in [5, 5.41) is 16.6. The van der Waals surface area contributed by atoms with E-state index < -0.39 is 4.92 Å². The van der Waals surface area contributed by atoms with Gasteiger partial charge in [-0.25, -0.2) is 9.97 Å². The summed E-state index contributed by atoms with van der Waals surface area (Å²) < 4.78 is 1.72. The molecule has 4 rings (SSSR count). The first-order chi connectivity index (χ1) is 12.9. The lowest BCUT2D eigenvalue weighted by Gasteiger charge is -2.15. The lowest BCUT2D eigenvalue weighted by atomic mass is 10.2. The third kappa shape index (κ3) is 3.31. The standard InChI is InChI=1S/C17H16N6O3S/c1-10-18-6-16(27-10)12-3-4-15(23(25)26)13(19-12)5-17(24)22-8-11-7-21(2)20-14(11)9-22/h3-4,6-7H,5,8-9H2,1-2H3. The van der Waals surface area contributed by atoms with Gasteiger partial charge in [-0.05, 0) is 13.0 Å². The van der Waals surface area contributed by atoms with Gasteiger partial charge < -0.3 is 4.90 Å². The number of amides is 1. The zero-order chi connectivity index (χ0) is 19.1. The quantitative estimate of drug-likeness (QED) is 0.504. The molecule has 0 N–H and O–H groups in total. The molecule has 0 atom stereocenters. The van der Waals surface area contributed by atoms with Crippen molar-refractivity contribution >= 4 is 22.9 Å². The summed E-state index contributed by atoms with van der Waals surface area (Å²) in [6.45, 7) is 2.75. The van der Waals surface area contributed by atoms with Gasteiger partial charge in [0, 0.05) is 37.6 Å². The minimum Gasteiger partial charge on any atom is -0.332 e. The highest BCUT2D eigenvalue weighted by Crippen LogP contribution is 2.28. The summed E-state index contributed by atoms with van der Waals surface area (Å²) in [6.07, 6.45) is 3.44. The molecule has 1 amide bonds. The topological polar surface area (TPSA) is 107 Å². The SMILES string of the molecule is Cc1ncc(-c2ccc([N+](=O)[O-])c(CC(=O)N3Cc4cn(C)nc4C3)n2)s1. The molecular weight excluding hydrogens is 368 g/mol. The summed E-state index contributed by atoms with van der Waals surface area (Å²) >= 11 is 1.45. The molecule has 0 radical (unpaired) electrons. The molecule has 4 heterocycles. The van der Waals surface area contributed by atoms with E-state index in [4.69, 9.17) is 0 Å². The van der Waals surface area contributed by atoms with Gasteiger partial charge >= 0.3 is 0 Å². The molecular formula is C17H16N6O3S. The number of thiazole rings is 1. The second-order valence-electron chi connectivity index (χ2n) is 6.36. The summed E-state index contributed by atoms with van der Waals surface area (Å²) in [5.41, 5.74) is 2.47. The van der Waals surface area contributed by atoms with Crippen molar-refractivity contribution in [2.45, 2.75) is 26.4 Å². The number of hydrogen-bond acceptors (Lipinski definition) is 7. The molecule has 0 bridgehead atoms. The molecule has 1 aliphatic heterocycles. The van der Waals surface area contributed by atoms with Crippen molar-refractivity contribution in [1.29, 1.82) is 0 Å². The first-order valence-corrected chi connectivity index (χ1v) is 9.08. The number of hydrogen-bond donors (Lipinski definition) is 0. The van der Waals surface area contributed by atoms with Crippen molar-refractivity contribution in [2.75, 3.05) is 0 Å². The van der Waals surface area contributed by atoms with E-state index in [1.165, 1.54) is 17.4 Å². The van der Waals surface area contributed by atoms with Crippen LogP contribution < -0.4 is 0 Å². The third-order valence-corrected chi connectivity index (χ3v) is 5.32. The van der Waals surface area contributed by atoms with Gasteiger partial charge in [-0.1, -0.05) is 0 Å². The van der Waals surface area contributed by atoms with Crippen LogP contribution in [0.5, 0.6) is 0 Å². The Kier molecular flexibility index (Phi) is 4.19. The zero-order valence-corrected chi connectivity index (χ0v) is 15.6. The summed E-state index contributed by atoms with van der Waals surface area (Å²) in [6, 6.07) is 3.00. The Morgan fingerprint density at radius 1 is 1.37 bits per heavy atom. The highest BCUT2D eigenvalue weighted by Gasteiger charge is 2.28. The molecule has 3 aromatic rings. The van der Waals surface area contributed by atoms with Crippen molar-refractivity contribution in [2.24, 2.45) is 7.05 Å². The molecule has 0 saturated carbocycles. The number of nitrogens with zero attached hydrogens (tertiary/aromatic N) is 6. The molecule has 0 aliphatic carbocycles. The Hall–Kier alpha value is -3.14. The minimum absolute atomic E-state index is 0.127. The maximum absolute atomic E-state index is 12.7. The molecule has 3 aromatic heterocycles. The van der Waals surface area contributed by atoms with Gasteiger partial charge in [0.05, 0.1) is 39.2 Å². The van der Waals surface area contributed by atoms with Crippen molar-refractivity contribution in [3.05, 3.63) is 56.6 Å². The number of rotatable bonds is 4. The first-order valence-electron chi connectivity index (χ1n) is 8.27. The van der Waals surface area contributed by atoms with Gasteiger partial charge in [0.15, 0.2) is 0 Å². The number of carbonyl (C=O) groups is 1. The lowest BCUT2D eigenvalue weighted by Crippen LogP contribution is -2.28. The summed E-state index contributed by atoms with van der Waals surface area (Å²) in [5.74, 6) is -0.205. The maximum atomic E-state index is 12.7. The Balaban J connectivity index is 1.59. The molecule has 0 unspecified atom stereocenters. The highest BCUT2D eigenvalue weighted by atomic mass is 32.1. The van der Waals surface area contributed by atoms with E-state index in [0.717, 1.165) is 21.1 Å². The van der Waals surface area contributed by atoms with Crippen LogP contribution in [0.1, 0.15) is 22.0 Å². The van der Waals surface area contributed by atoms with E-state index in [-0.39, 0.29) is 23.7 Å². The molecule has 27 heavy (non-hydrogen) atoms. The van der Waals surface area contributed by atoms with Crippen molar-refractivity contribution in [3.63, 3.8) is 0 Å². The van der Waals surface area contributed by atoms with Crippen LogP contribution >= 0.6 is 11.3 Å². The van der Waals surface area contributed by atoms with Gasteiger partial charge in [-0.3, -0.25) is 19.6 Å². The van der Waals surface area contributed by atoms with Crippen LogP contribution in [-0.4, -0.2) is 35.5 Å². The second-order valence-corrected chi connectivity index (χ2v) is 7.60. The predicted molar refractivity (Wildman–Crippen MR) is 97.9 cm³/mol. The molecule has 138 valence electrons. The number of aromatic nitrogens is 4. The highest BCUT2D eigenvalue weighted by molar-refractivity contribution is 7.15. The minimum atomic E-state index is -0.502. The third-order valence-electron chi connectivity index (χ3n) is 4.39. The number of aryl methyl sites for hydroxylation is 2. The van der Waals surface area contributed by atoms with E-state index in [0.29, 0.717) is 18.8 Å². The smallest absolute Gasteiger partial charge is 0.291 e. The van der Waals surface area contributed by atoms with Crippen LogP contribution in [0.3, 0.4) is 0 Å². The van der Waals surface area contributed by atoms with Crippen LogP contribution in [0.25, 0.3) is 10.6 Å². The molecule has 10 heteroatoms. The Morgan fingerprint density at radius 2 is 2.19 bits per heavy atom. The largest absolute Gasteiger partial charge is 0.332 e. The van der Waals surface area contributed by atoms with Crippen LogP contribution in [0, 0.1) is 17.0 Å². The molecule has 0 fully saturated rings. The second kappa shape index (κ2) is 6.54. The Bertz CT molecular complexity index is 1030. The summed E-state index contributed by atoms with van der Waals surface area (Å²) in [4.78, 5) is 34.6. The Labute approximate surface area is 158 Å². The monoisotopic (exact) mass is 384 g/mol. The van der Waals surface area contributed by atoms with E-state index in [1.54, 1.807) is 21.8 Å². The van der Waals surface area contributed by atoms with Gasteiger partial charge in [-0.15, -0.1) is 11.3 Å². The van der Waals surface area contributed by atoms with Crippen LogP contribution in [0.2, 0.25) is 0 Å². The Morgan fingerprint density at radius 3 is 2.85 bits per heavy atom. The van der Waals surface area contributed by atoms with Crippen LogP contribution in [0.15, 0.2) is 24.5 Å². The lowest BCUT2D eigenvalue weighted by molar-refractivity contribution is -0.385. The maximum Gasteiger partial charge on any atom is 0.291 e. The fourth-order valence-electron chi connectivity index (χ4n) is 3.13. The molecule has 0 saturated heterocycles.